The minimum atomic E-state index is -0.715. The molecule has 0 radical (unpaired) electrons. The van der Waals surface area contributed by atoms with E-state index >= 15 is 0 Å². The maximum absolute atomic E-state index is 11.3. The number of aromatic nitrogens is 3. The van der Waals surface area contributed by atoms with Crippen LogP contribution in [-0.4, -0.2) is 52.8 Å². The number of benzene rings is 1. The number of aryl methyl sites for hydroxylation is 1. The normalized spacial score (nSPS) is 14.9. The van der Waals surface area contributed by atoms with E-state index in [1.807, 2.05) is 36.7 Å². The molecule has 1 aliphatic rings. The van der Waals surface area contributed by atoms with Crippen molar-refractivity contribution in [1.82, 2.24) is 15.0 Å². The number of pyridine rings is 1. The van der Waals surface area contributed by atoms with Gasteiger partial charge in [0.2, 0.25) is 0 Å². The SMILES string of the molecule is COCCCc1cnc(-c2cnc3ccccc3c2)c(N2CCC(C(=O)O)CC2)n1. The van der Waals surface area contributed by atoms with Crippen LogP contribution in [0.5, 0.6) is 0 Å². The molecule has 0 bridgehead atoms. The summed E-state index contributed by atoms with van der Waals surface area (Å²) in [7, 11) is 1.69. The zero-order valence-corrected chi connectivity index (χ0v) is 17.1. The summed E-state index contributed by atoms with van der Waals surface area (Å²) in [6, 6.07) is 10.1. The fourth-order valence-corrected chi connectivity index (χ4v) is 3.90. The average molecular weight is 406 g/mol. The van der Waals surface area contributed by atoms with E-state index in [-0.39, 0.29) is 5.92 Å². The minimum absolute atomic E-state index is 0.287. The Morgan fingerprint density at radius 1 is 1.20 bits per heavy atom. The van der Waals surface area contributed by atoms with E-state index in [1.54, 1.807) is 7.11 Å². The van der Waals surface area contributed by atoms with Gasteiger partial charge in [-0.3, -0.25) is 14.8 Å². The smallest absolute Gasteiger partial charge is 0.306 e. The van der Waals surface area contributed by atoms with E-state index in [4.69, 9.17) is 14.7 Å². The second-order valence-corrected chi connectivity index (χ2v) is 7.65. The Bertz CT molecular complexity index is 1030. The molecule has 7 heteroatoms. The first-order valence-electron chi connectivity index (χ1n) is 10.3. The standard InChI is InChI=1S/C23H26N4O3/c1-30-12-4-6-19-15-25-21(18-13-17-5-2-3-7-20(17)24-14-18)22(26-19)27-10-8-16(9-11-27)23(28)29/h2-3,5,7,13-16H,4,6,8-12H2,1H3,(H,28,29). The molecule has 7 nitrogen and oxygen atoms in total. The van der Waals surface area contributed by atoms with Gasteiger partial charge in [0.15, 0.2) is 5.82 Å². The van der Waals surface area contributed by atoms with Gasteiger partial charge in [-0.25, -0.2) is 4.98 Å². The Labute approximate surface area is 175 Å². The minimum Gasteiger partial charge on any atom is -0.481 e. The molecule has 0 amide bonds. The largest absolute Gasteiger partial charge is 0.481 e. The number of piperidine rings is 1. The number of hydrogen-bond acceptors (Lipinski definition) is 6. The highest BCUT2D eigenvalue weighted by Gasteiger charge is 2.27. The van der Waals surface area contributed by atoms with Crippen LogP contribution in [0.3, 0.4) is 0 Å². The molecule has 0 spiro atoms. The number of fused-ring (bicyclic) bond motifs is 1. The molecule has 30 heavy (non-hydrogen) atoms. The lowest BCUT2D eigenvalue weighted by molar-refractivity contribution is -0.142. The van der Waals surface area contributed by atoms with E-state index in [1.165, 1.54) is 0 Å². The number of aliphatic carboxylic acids is 1. The Kier molecular flexibility index (Phi) is 6.18. The molecular weight excluding hydrogens is 380 g/mol. The number of carboxylic acids is 1. The summed E-state index contributed by atoms with van der Waals surface area (Å²) in [6.45, 7) is 1.99. The molecule has 1 N–H and O–H groups in total. The Morgan fingerprint density at radius 3 is 2.77 bits per heavy atom. The van der Waals surface area contributed by atoms with Crippen molar-refractivity contribution in [3.8, 4) is 11.3 Å². The monoisotopic (exact) mass is 406 g/mol. The lowest BCUT2D eigenvalue weighted by Gasteiger charge is -2.32. The van der Waals surface area contributed by atoms with Crippen molar-refractivity contribution in [2.45, 2.75) is 25.7 Å². The van der Waals surface area contributed by atoms with Gasteiger partial charge in [-0.05, 0) is 37.8 Å². The van der Waals surface area contributed by atoms with Gasteiger partial charge >= 0.3 is 5.97 Å². The fourth-order valence-electron chi connectivity index (χ4n) is 3.90. The van der Waals surface area contributed by atoms with Crippen LogP contribution in [0, 0.1) is 5.92 Å². The Balaban J connectivity index is 1.68. The van der Waals surface area contributed by atoms with Gasteiger partial charge in [0.1, 0.15) is 5.69 Å². The van der Waals surface area contributed by atoms with Crippen LogP contribution in [0.2, 0.25) is 0 Å². The number of carboxylic acid groups (broad SMARTS) is 1. The molecule has 156 valence electrons. The molecular formula is C23H26N4O3. The van der Waals surface area contributed by atoms with Crippen molar-refractivity contribution in [3.63, 3.8) is 0 Å². The summed E-state index contributed by atoms with van der Waals surface area (Å²) < 4.78 is 5.16. The van der Waals surface area contributed by atoms with Crippen LogP contribution in [0.25, 0.3) is 22.2 Å². The number of methoxy groups -OCH3 is 1. The van der Waals surface area contributed by atoms with E-state index < -0.39 is 5.97 Å². The molecule has 0 aliphatic carbocycles. The molecule has 3 aromatic rings. The highest BCUT2D eigenvalue weighted by atomic mass is 16.5. The van der Waals surface area contributed by atoms with E-state index in [0.717, 1.165) is 46.5 Å². The molecule has 2 aromatic heterocycles. The molecule has 0 unspecified atom stereocenters. The van der Waals surface area contributed by atoms with Crippen molar-refractivity contribution >= 4 is 22.7 Å². The highest BCUT2D eigenvalue weighted by Crippen LogP contribution is 2.31. The average Bonchev–Trinajstić information content (AvgIpc) is 2.79. The van der Waals surface area contributed by atoms with E-state index in [0.29, 0.717) is 32.5 Å². The molecule has 0 atom stereocenters. The molecule has 0 saturated carbocycles. The van der Waals surface area contributed by atoms with Crippen LogP contribution < -0.4 is 4.90 Å². The number of carbonyl (C=O) groups is 1. The van der Waals surface area contributed by atoms with Crippen LogP contribution in [0.15, 0.2) is 42.7 Å². The number of para-hydroxylation sites is 1. The first-order chi connectivity index (χ1) is 14.7. The van der Waals surface area contributed by atoms with Crippen molar-refractivity contribution in [1.29, 1.82) is 0 Å². The summed E-state index contributed by atoms with van der Waals surface area (Å²) >= 11 is 0. The topological polar surface area (TPSA) is 88.4 Å². The number of nitrogens with zero attached hydrogens (tertiary/aromatic N) is 4. The maximum atomic E-state index is 11.3. The van der Waals surface area contributed by atoms with Crippen LogP contribution >= 0.6 is 0 Å². The zero-order chi connectivity index (χ0) is 20.9. The highest BCUT2D eigenvalue weighted by molar-refractivity contribution is 5.85. The molecule has 4 rings (SSSR count). The molecule has 1 aliphatic heterocycles. The molecule has 1 saturated heterocycles. The van der Waals surface area contributed by atoms with Crippen LogP contribution in [-0.2, 0) is 16.0 Å². The molecule has 1 fully saturated rings. The van der Waals surface area contributed by atoms with Crippen LogP contribution in [0.1, 0.15) is 25.0 Å². The third kappa shape index (κ3) is 4.41. The Hall–Kier alpha value is -3.06. The summed E-state index contributed by atoms with van der Waals surface area (Å²) in [5, 5.41) is 10.4. The van der Waals surface area contributed by atoms with Crippen molar-refractivity contribution in [3.05, 3.63) is 48.4 Å². The number of anilines is 1. The number of ether oxygens (including phenoxy) is 1. The third-order valence-electron chi connectivity index (χ3n) is 5.59. The summed E-state index contributed by atoms with van der Waals surface area (Å²) in [5.74, 6) is -0.191. The fraction of sp³-hybridized carbons (Fsp3) is 0.391. The second kappa shape index (κ2) is 9.17. The van der Waals surface area contributed by atoms with Gasteiger partial charge in [0.05, 0.1) is 17.1 Å². The number of hydrogen-bond donors (Lipinski definition) is 1. The van der Waals surface area contributed by atoms with Gasteiger partial charge in [0, 0.05) is 50.1 Å². The third-order valence-corrected chi connectivity index (χ3v) is 5.59. The van der Waals surface area contributed by atoms with Crippen molar-refractivity contribution < 1.29 is 14.6 Å². The predicted octanol–water partition coefficient (Wildman–Crippen LogP) is 3.57. The Morgan fingerprint density at radius 2 is 2.00 bits per heavy atom. The molecule has 3 heterocycles. The summed E-state index contributed by atoms with van der Waals surface area (Å²) in [5.41, 5.74) is 3.56. The quantitative estimate of drug-likeness (QED) is 0.600. The van der Waals surface area contributed by atoms with Gasteiger partial charge in [-0.15, -0.1) is 0 Å². The molecule has 1 aromatic carbocycles. The maximum Gasteiger partial charge on any atom is 0.306 e. The van der Waals surface area contributed by atoms with Crippen molar-refractivity contribution in [2.75, 3.05) is 31.7 Å². The van der Waals surface area contributed by atoms with Gasteiger partial charge in [-0.1, -0.05) is 18.2 Å². The second-order valence-electron chi connectivity index (χ2n) is 7.65. The first-order valence-corrected chi connectivity index (χ1v) is 10.3. The summed E-state index contributed by atoms with van der Waals surface area (Å²) in [4.78, 5) is 27.8. The van der Waals surface area contributed by atoms with Crippen molar-refractivity contribution in [2.24, 2.45) is 5.92 Å². The number of rotatable bonds is 7. The lowest BCUT2D eigenvalue weighted by Crippen LogP contribution is -2.37. The van der Waals surface area contributed by atoms with Crippen LogP contribution in [0.4, 0.5) is 5.82 Å². The van der Waals surface area contributed by atoms with Gasteiger partial charge < -0.3 is 14.7 Å². The zero-order valence-electron chi connectivity index (χ0n) is 17.1. The predicted molar refractivity (Wildman–Crippen MR) is 116 cm³/mol. The summed E-state index contributed by atoms with van der Waals surface area (Å²) in [6.07, 6.45) is 6.55. The van der Waals surface area contributed by atoms with Gasteiger partial charge in [0.25, 0.3) is 0 Å². The first kappa shape index (κ1) is 20.2. The van der Waals surface area contributed by atoms with E-state index in [2.05, 4.69) is 16.0 Å². The lowest BCUT2D eigenvalue weighted by atomic mass is 9.97. The van der Waals surface area contributed by atoms with Gasteiger partial charge in [-0.2, -0.15) is 0 Å². The van der Waals surface area contributed by atoms with E-state index in [9.17, 15) is 9.90 Å².